The highest BCUT2D eigenvalue weighted by molar-refractivity contribution is 7.17. The third-order valence-corrected chi connectivity index (χ3v) is 7.51. The quantitative estimate of drug-likeness (QED) is 0.460. The molecule has 4 rings (SSSR count). The number of hydrogen-bond acceptors (Lipinski definition) is 4. The van der Waals surface area contributed by atoms with Gasteiger partial charge in [0.2, 0.25) is 0 Å². The number of methoxy groups -OCH3 is 1. The lowest BCUT2D eigenvalue weighted by molar-refractivity contribution is 0.102. The summed E-state index contributed by atoms with van der Waals surface area (Å²) in [6.07, 6.45) is 2.76. The molecule has 0 fully saturated rings. The highest BCUT2D eigenvalue weighted by atomic mass is 32.1. The Labute approximate surface area is 199 Å². The van der Waals surface area contributed by atoms with Crippen LogP contribution in [0.4, 0.5) is 10.7 Å². The van der Waals surface area contributed by atoms with E-state index in [1.807, 2.05) is 42.5 Å². The molecular weight excluding hydrogens is 432 g/mol. The van der Waals surface area contributed by atoms with Crippen molar-refractivity contribution in [2.24, 2.45) is 11.3 Å². The van der Waals surface area contributed by atoms with Gasteiger partial charge in [0.1, 0.15) is 10.8 Å². The summed E-state index contributed by atoms with van der Waals surface area (Å²) < 4.78 is 5.40. The Morgan fingerprint density at radius 3 is 2.36 bits per heavy atom. The van der Waals surface area contributed by atoms with Gasteiger partial charge in [0.05, 0.1) is 18.4 Å². The Hall–Kier alpha value is -3.12. The fourth-order valence-electron chi connectivity index (χ4n) is 4.35. The minimum absolute atomic E-state index is 0.189. The van der Waals surface area contributed by atoms with E-state index in [0.29, 0.717) is 33.5 Å². The average Bonchev–Trinajstić information content (AvgIpc) is 3.16. The van der Waals surface area contributed by atoms with Crippen LogP contribution in [0.1, 0.15) is 58.3 Å². The number of ether oxygens (including phenoxy) is 1. The molecule has 33 heavy (non-hydrogen) atoms. The van der Waals surface area contributed by atoms with Crippen molar-refractivity contribution in [2.75, 3.05) is 17.7 Å². The van der Waals surface area contributed by atoms with Crippen LogP contribution < -0.4 is 15.4 Å². The summed E-state index contributed by atoms with van der Waals surface area (Å²) in [5, 5.41) is 6.63. The number of thiophene rings is 1. The van der Waals surface area contributed by atoms with E-state index in [9.17, 15) is 9.59 Å². The van der Waals surface area contributed by atoms with Crippen LogP contribution >= 0.6 is 11.3 Å². The number of benzene rings is 2. The van der Waals surface area contributed by atoms with E-state index in [1.165, 1.54) is 16.2 Å². The lowest BCUT2D eigenvalue weighted by Gasteiger charge is -2.33. The maximum atomic E-state index is 13.5. The lowest BCUT2D eigenvalue weighted by Crippen LogP contribution is -2.27. The summed E-state index contributed by atoms with van der Waals surface area (Å²) >= 11 is 1.53. The van der Waals surface area contributed by atoms with E-state index < -0.39 is 0 Å². The van der Waals surface area contributed by atoms with Crippen LogP contribution in [-0.4, -0.2) is 18.9 Å². The second-order valence-electron chi connectivity index (χ2n) is 9.49. The van der Waals surface area contributed by atoms with Gasteiger partial charge in [0, 0.05) is 10.4 Å². The molecule has 0 saturated heterocycles. The molecule has 3 aromatic rings. The highest BCUT2D eigenvalue weighted by Gasteiger charge is 2.34. The van der Waals surface area contributed by atoms with Crippen LogP contribution in [0.5, 0.6) is 5.75 Å². The molecule has 5 nitrogen and oxygen atoms in total. The first-order chi connectivity index (χ1) is 15.8. The molecule has 2 amide bonds. The topological polar surface area (TPSA) is 67.4 Å². The fourth-order valence-corrected chi connectivity index (χ4v) is 5.67. The highest BCUT2D eigenvalue weighted by Crippen LogP contribution is 2.44. The predicted octanol–water partition coefficient (Wildman–Crippen LogP) is 6.41. The number of hydrogen-bond donors (Lipinski definition) is 2. The van der Waals surface area contributed by atoms with E-state index in [0.717, 1.165) is 24.8 Å². The van der Waals surface area contributed by atoms with Crippen molar-refractivity contribution in [2.45, 2.75) is 40.0 Å². The summed E-state index contributed by atoms with van der Waals surface area (Å²) in [6.45, 7) is 6.80. The Morgan fingerprint density at radius 2 is 1.67 bits per heavy atom. The minimum atomic E-state index is -0.227. The van der Waals surface area contributed by atoms with Gasteiger partial charge < -0.3 is 15.4 Å². The molecule has 2 aromatic carbocycles. The molecule has 1 atom stereocenters. The van der Waals surface area contributed by atoms with Crippen molar-refractivity contribution in [1.82, 2.24) is 0 Å². The van der Waals surface area contributed by atoms with E-state index in [2.05, 4.69) is 31.4 Å². The van der Waals surface area contributed by atoms with E-state index in [1.54, 1.807) is 19.2 Å². The van der Waals surface area contributed by atoms with Gasteiger partial charge in [-0.2, -0.15) is 0 Å². The largest absolute Gasteiger partial charge is 0.495 e. The van der Waals surface area contributed by atoms with Crippen molar-refractivity contribution in [1.29, 1.82) is 0 Å². The molecule has 0 aliphatic heterocycles. The number of para-hydroxylation sites is 2. The molecule has 0 unspecified atom stereocenters. The van der Waals surface area contributed by atoms with Crippen molar-refractivity contribution in [3.8, 4) is 5.75 Å². The Balaban J connectivity index is 1.70. The first-order valence-electron chi connectivity index (χ1n) is 11.2. The monoisotopic (exact) mass is 462 g/mol. The van der Waals surface area contributed by atoms with Crippen LogP contribution in [-0.2, 0) is 12.8 Å². The van der Waals surface area contributed by atoms with Crippen molar-refractivity contribution >= 4 is 33.8 Å². The maximum absolute atomic E-state index is 13.5. The van der Waals surface area contributed by atoms with Crippen LogP contribution in [0, 0.1) is 11.3 Å². The second kappa shape index (κ2) is 9.40. The number of nitrogens with one attached hydrogen (secondary N) is 2. The SMILES string of the molecule is COc1ccccc1NC(=O)c1c(NC(=O)c2ccccc2)sc2c1CC[C@H](C(C)(C)C)C2. The Morgan fingerprint density at radius 1 is 0.970 bits per heavy atom. The Bertz CT molecular complexity index is 1160. The molecular formula is C27H30N2O3S. The number of anilines is 2. The normalized spacial score (nSPS) is 15.5. The molecule has 0 saturated carbocycles. The number of rotatable bonds is 5. The van der Waals surface area contributed by atoms with Crippen molar-refractivity contribution in [3.05, 3.63) is 76.2 Å². The van der Waals surface area contributed by atoms with Gasteiger partial charge in [-0.1, -0.05) is 51.1 Å². The summed E-state index contributed by atoms with van der Waals surface area (Å²) in [4.78, 5) is 27.6. The smallest absolute Gasteiger partial charge is 0.259 e. The zero-order chi connectivity index (χ0) is 23.6. The summed E-state index contributed by atoms with van der Waals surface area (Å²) in [7, 11) is 1.58. The van der Waals surface area contributed by atoms with Crippen molar-refractivity contribution in [3.63, 3.8) is 0 Å². The third kappa shape index (κ3) is 4.96. The molecule has 0 spiro atoms. The van der Waals surface area contributed by atoms with Crippen LogP contribution in [0.3, 0.4) is 0 Å². The summed E-state index contributed by atoms with van der Waals surface area (Å²) in [6, 6.07) is 16.4. The molecule has 6 heteroatoms. The minimum Gasteiger partial charge on any atom is -0.495 e. The predicted molar refractivity (Wildman–Crippen MR) is 135 cm³/mol. The molecule has 172 valence electrons. The van der Waals surface area contributed by atoms with Gasteiger partial charge in [-0.15, -0.1) is 11.3 Å². The molecule has 1 aliphatic rings. The molecule has 2 N–H and O–H groups in total. The van der Waals surface area contributed by atoms with E-state index in [-0.39, 0.29) is 17.2 Å². The van der Waals surface area contributed by atoms with Crippen LogP contribution in [0.2, 0.25) is 0 Å². The van der Waals surface area contributed by atoms with E-state index in [4.69, 9.17) is 4.74 Å². The van der Waals surface area contributed by atoms with Gasteiger partial charge in [0.25, 0.3) is 11.8 Å². The zero-order valence-electron chi connectivity index (χ0n) is 19.5. The van der Waals surface area contributed by atoms with Crippen LogP contribution in [0.25, 0.3) is 0 Å². The molecule has 0 bridgehead atoms. The third-order valence-electron chi connectivity index (χ3n) is 6.34. The number of amides is 2. The van der Waals surface area contributed by atoms with Gasteiger partial charge in [0.15, 0.2) is 0 Å². The van der Waals surface area contributed by atoms with Crippen LogP contribution in [0.15, 0.2) is 54.6 Å². The molecule has 1 heterocycles. The number of fused-ring (bicyclic) bond motifs is 1. The first-order valence-corrected chi connectivity index (χ1v) is 12.0. The Kier molecular flexibility index (Phi) is 6.56. The standard InChI is InChI=1S/C27H30N2O3S/c1-27(2,3)18-14-15-19-22(16-18)33-26(29-24(30)17-10-6-5-7-11-17)23(19)25(31)28-20-12-8-9-13-21(20)32-4/h5-13,18H,14-16H2,1-4H3,(H,28,31)(H,29,30)/t18-/m0/s1. The van der Waals surface area contributed by atoms with Gasteiger partial charge in [-0.3, -0.25) is 9.59 Å². The van der Waals surface area contributed by atoms with E-state index >= 15 is 0 Å². The number of carbonyl (C=O) groups is 2. The molecule has 1 aromatic heterocycles. The van der Waals surface area contributed by atoms with Gasteiger partial charge in [-0.05, 0) is 60.4 Å². The lowest BCUT2D eigenvalue weighted by atomic mass is 9.72. The van der Waals surface area contributed by atoms with Crippen molar-refractivity contribution < 1.29 is 14.3 Å². The number of carbonyl (C=O) groups excluding carboxylic acids is 2. The van der Waals surface area contributed by atoms with Gasteiger partial charge in [-0.25, -0.2) is 0 Å². The first kappa shape index (κ1) is 23.1. The second-order valence-corrected chi connectivity index (χ2v) is 10.6. The summed E-state index contributed by atoms with van der Waals surface area (Å²) in [5.74, 6) is 0.687. The molecule has 1 aliphatic carbocycles. The summed E-state index contributed by atoms with van der Waals surface area (Å²) in [5.41, 5.74) is 2.98. The van der Waals surface area contributed by atoms with Gasteiger partial charge >= 0.3 is 0 Å². The zero-order valence-corrected chi connectivity index (χ0v) is 20.3. The maximum Gasteiger partial charge on any atom is 0.259 e. The molecule has 0 radical (unpaired) electrons. The average molecular weight is 463 g/mol. The fraction of sp³-hybridized carbons (Fsp3) is 0.333.